The molecule has 0 heterocycles. The average molecular weight is 219 g/mol. The van der Waals surface area contributed by atoms with Gasteiger partial charge in [-0.25, -0.2) is 0 Å². The lowest BCUT2D eigenvalue weighted by Gasteiger charge is -2.07. The lowest BCUT2D eigenvalue weighted by Crippen LogP contribution is -2.24. The fourth-order valence-electron chi connectivity index (χ4n) is 1.52. The highest BCUT2D eigenvalue weighted by atomic mass is 16.1. The fourth-order valence-corrected chi connectivity index (χ4v) is 1.52. The van der Waals surface area contributed by atoms with E-state index in [1.165, 1.54) is 5.56 Å². The molecule has 2 heteroatoms. The Balaban J connectivity index is 2.32. The molecule has 1 aromatic rings. The van der Waals surface area contributed by atoms with E-state index in [0.717, 1.165) is 18.5 Å². The van der Waals surface area contributed by atoms with Gasteiger partial charge in [0.2, 0.25) is 0 Å². The van der Waals surface area contributed by atoms with E-state index in [9.17, 15) is 4.79 Å². The van der Waals surface area contributed by atoms with Crippen molar-refractivity contribution >= 4 is 5.78 Å². The largest absolute Gasteiger partial charge is 0.315 e. The van der Waals surface area contributed by atoms with Crippen LogP contribution in [0.4, 0.5) is 0 Å². The number of carbonyl (C=O) groups is 1. The van der Waals surface area contributed by atoms with Crippen LogP contribution >= 0.6 is 0 Å². The van der Waals surface area contributed by atoms with Gasteiger partial charge in [0.25, 0.3) is 0 Å². The molecule has 0 aromatic heterocycles. The highest BCUT2D eigenvalue weighted by Crippen LogP contribution is 2.07. The first-order valence-electron chi connectivity index (χ1n) is 5.93. The van der Waals surface area contributed by atoms with E-state index in [4.69, 9.17) is 0 Å². The van der Waals surface area contributed by atoms with Gasteiger partial charge in [0, 0.05) is 18.0 Å². The number of carbonyl (C=O) groups excluding carboxylic acids is 1. The van der Waals surface area contributed by atoms with Gasteiger partial charge < -0.3 is 5.32 Å². The van der Waals surface area contributed by atoms with Crippen LogP contribution < -0.4 is 5.32 Å². The van der Waals surface area contributed by atoms with Gasteiger partial charge in [0.05, 0.1) is 0 Å². The minimum atomic E-state index is 0.241. The Morgan fingerprint density at radius 1 is 1.25 bits per heavy atom. The van der Waals surface area contributed by atoms with Crippen molar-refractivity contribution in [3.8, 4) is 0 Å². The summed E-state index contributed by atoms with van der Waals surface area (Å²) in [7, 11) is 0. The highest BCUT2D eigenvalue weighted by molar-refractivity contribution is 5.96. The summed E-state index contributed by atoms with van der Waals surface area (Å²) in [5.41, 5.74) is 2.02. The van der Waals surface area contributed by atoms with Crippen LogP contribution in [0.15, 0.2) is 24.3 Å². The number of hydrogen-bond acceptors (Lipinski definition) is 2. The van der Waals surface area contributed by atoms with Gasteiger partial charge >= 0.3 is 0 Å². The number of rotatable bonds is 6. The van der Waals surface area contributed by atoms with E-state index >= 15 is 0 Å². The van der Waals surface area contributed by atoms with Crippen molar-refractivity contribution in [2.45, 2.75) is 39.7 Å². The standard InChI is InChI=1S/C14H21NO/c1-11(2)15-10-4-5-14(16)13-8-6-12(3)7-9-13/h6-9,11,15H,4-5,10H2,1-3H3. The molecule has 1 N–H and O–H groups in total. The van der Waals surface area contributed by atoms with E-state index in [1.807, 2.05) is 31.2 Å². The highest BCUT2D eigenvalue weighted by Gasteiger charge is 2.04. The third-order valence-electron chi connectivity index (χ3n) is 2.51. The number of ketones is 1. The molecular formula is C14H21NO. The van der Waals surface area contributed by atoms with E-state index in [-0.39, 0.29) is 5.78 Å². The lowest BCUT2D eigenvalue weighted by atomic mass is 10.1. The molecule has 0 aliphatic rings. The molecular weight excluding hydrogens is 198 g/mol. The molecule has 1 rings (SSSR count). The van der Waals surface area contributed by atoms with Crippen LogP contribution in [-0.4, -0.2) is 18.4 Å². The quantitative estimate of drug-likeness (QED) is 0.588. The SMILES string of the molecule is Cc1ccc(C(=O)CCCNC(C)C)cc1. The van der Waals surface area contributed by atoms with Crippen molar-refractivity contribution in [2.24, 2.45) is 0 Å². The van der Waals surface area contributed by atoms with E-state index in [0.29, 0.717) is 12.5 Å². The molecule has 0 fully saturated rings. The summed E-state index contributed by atoms with van der Waals surface area (Å²) in [5, 5.41) is 3.31. The van der Waals surface area contributed by atoms with Crippen molar-refractivity contribution in [1.29, 1.82) is 0 Å². The maximum Gasteiger partial charge on any atom is 0.162 e. The van der Waals surface area contributed by atoms with E-state index < -0.39 is 0 Å². The first kappa shape index (κ1) is 12.9. The van der Waals surface area contributed by atoms with Gasteiger partial charge in [-0.1, -0.05) is 43.7 Å². The van der Waals surface area contributed by atoms with Crippen molar-refractivity contribution < 1.29 is 4.79 Å². The Bertz CT molecular complexity index is 327. The average Bonchev–Trinajstić information content (AvgIpc) is 2.25. The lowest BCUT2D eigenvalue weighted by molar-refractivity contribution is 0.0980. The van der Waals surface area contributed by atoms with E-state index in [1.54, 1.807) is 0 Å². The van der Waals surface area contributed by atoms with Crippen molar-refractivity contribution in [3.63, 3.8) is 0 Å². The number of benzene rings is 1. The number of nitrogens with one attached hydrogen (secondary N) is 1. The van der Waals surface area contributed by atoms with Crippen LogP contribution in [0.1, 0.15) is 42.6 Å². The molecule has 0 saturated heterocycles. The molecule has 88 valence electrons. The molecule has 16 heavy (non-hydrogen) atoms. The van der Waals surface area contributed by atoms with Gasteiger partial charge in [0.15, 0.2) is 5.78 Å². The second-order valence-corrected chi connectivity index (χ2v) is 4.50. The monoisotopic (exact) mass is 219 g/mol. The Morgan fingerprint density at radius 2 is 1.88 bits per heavy atom. The van der Waals surface area contributed by atoms with Crippen molar-refractivity contribution in [2.75, 3.05) is 6.54 Å². The molecule has 0 bridgehead atoms. The molecule has 0 aliphatic heterocycles. The second kappa shape index (κ2) is 6.44. The van der Waals surface area contributed by atoms with Crippen molar-refractivity contribution in [3.05, 3.63) is 35.4 Å². The summed E-state index contributed by atoms with van der Waals surface area (Å²) in [4.78, 5) is 11.8. The molecule has 0 spiro atoms. The van der Waals surface area contributed by atoms with Gasteiger partial charge in [0.1, 0.15) is 0 Å². The first-order chi connectivity index (χ1) is 7.59. The molecule has 0 saturated carbocycles. The Labute approximate surface area is 98.1 Å². The molecule has 0 radical (unpaired) electrons. The van der Waals surface area contributed by atoms with Crippen LogP contribution in [-0.2, 0) is 0 Å². The molecule has 0 aliphatic carbocycles. The van der Waals surface area contributed by atoms with E-state index in [2.05, 4.69) is 19.2 Å². The topological polar surface area (TPSA) is 29.1 Å². The zero-order chi connectivity index (χ0) is 12.0. The maximum absolute atomic E-state index is 11.8. The summed E-state index contributed by atoms with van der Waals surface area (Å²) in [6.45, 7) is 7.17. The predicted octanol–water partition coefficient (Wildman–Crippen LogP) is 2.96. The molecule has 0 amide bonds. The molecule has 1 aromatic carbocycles. The minimum absolute atomic E-state index is 0.241. The normalized spacial score (nSPS) is 10.8. The zero-order valence-electron chi connectivity index (χ0n) is 10.4. The molecule has 0 unspecified atom stereocenters. The summed E-state index contributed by atoms with van der Waals surface area (Å²) in [6.07, 6.45) is 1.54. The van der Waals surface area contributed by atoms with Crippen LogP contribution in [0.2, 0.25) is 0 Å². The Morgan fingerprint density at radius 3 is 2.44 bits per heavy atom. The first-order valence-corrected chi connectivity index (χ1v) is 5.93. The van der Waals surface area contributed by atoms with Crippen LogP contribution in [0.25, 0.3) is 0 Å². The van der Waals surface area contributed by atoms with Gasteiger partial charge in [-0.15, -0.1) is 0 Å². The van der Waals surface area contributed by atoms with Crippen LogP contribution in [0.3, 0.4) is 0 Å². The third kappa shape index (κ3) is 4.58. The zero-order valence-corrected chi connectivity index (χ0v) is 10.4. The van der Waals surface area contributed by atoms with Gasteiger partial charge in [-0.05, 0) is 19.9 Å². The fraction of sp³-hybridized carbons (Fsp3) is 0.500. The number of aryl methyl sites for hydroxylation is 1. The van der Waals surface area contributed by atoms with Gasteiger partial charge in [-0.2, -0.15) is 0 Å². The summed E-state index contributed by atoms with van der Waals surface area (Å²) in [5.74, 6) is 0.241. The smallest absolute Gasteiger partial charge is 0.162 e. The number of Topliss-reactive ketones (excluding diaryl/α,β-unsaturated/α-hetero) is 1. The van der Waals surface area contributed by atoms with Gasteiger partial charge in [-0.3, -0.25) is 4.79 Å². The predicted molar refractivity (Wildman–Crippen MR) is 67.9 cm³/mol. The number of hydrogen-bond donors (Lipinski definition) is 1. The minimum Gasteiger partial charge on any atom is -0.315 e. The maximum atomic E-state index is 11.8. The third-order valence-corrected chi connectivity index (χ3v) is 2.51. The second-order valence-electron chi connectivity index (χ2n) is 4.50. The summed E-state index contributed by atoms with van der Waals surface area (Å²) >= 11 is 0. The Kier molecular flexibility index (Phi) is 5.20. The molecule has 2 nitrogen and oxygen atoms in total. The Hall–Kier alpha value is -1.15. The van der Waals surface area contributed by atoms with Crippen LogP contribution in [0.5, 0.6) is 0 Å². The molecule has 0 atom stereocenters. The summed E-state index contributed by atoms with van der Waals surface area (Å²) in [6, 6.07) is 8.29. The van der Waals surface area contributed by atoms with Crippen molar-refractivity contribution in [1.82, 2.24) is 5.32 Å². The van der Waals surface area contributed by atoms with Crippen LogP contribution in [0, 0.1) is 6.92 Å². The summed E-state index contributed by atoms with van der Waals surface area (Å²) < 4.78 is 0.